The van der Waals surface area contributed by atoms with E-state index in [9.17, 15) is 19.3 Å². The van der Waals surface area contributed by atoms with Gasteiger partial charge < -0.3 is 34.3 Å². The van der Waals surface area contributed by atoms with Gasteiger partial charge in [-0.25, -0.2) is 15.2 Å². The van der Waals surface area contributed by atoms with Crippen molar-refractivity contribution in [2.75, 3.05) is 19.5 Å². The third-order valence-electron chi connectivity index (χ3n) is 7.73. The number of aromatic nitrogens is 4. The molecule has 1 saturated heterocycles. The Kier molecular flexibility index (Phi) is 12.1. The van der Waals surface area contributed by atoms with Crippen LogP contribution in [-0.2, 0) is 46.1 Å². The summed E-state index contributed by atoms with van der Waals surface area (Å²) in [6, 6.07) is 15.9. The molecule has 18 heteroatoms. The fraction of sp³-hybridized carbons (Fsp3) is 0.406. The maximum absolute atomic E-state index is 14.3. The zero-order chi connectivity index (χ0) is 36.1. The molecule has 16 nitrogen and oxygen atoms in total. The van der Waals surface area contributed by atoms with Crippen LogP contribution < -0.4 is 20.6 Å². The zero-order valence-electron chi connectivity index (χ0n) is 27.8. The lowest BCUT2D eigenvalue weighted by Gasteiger charge is -2.27. The first-order chi connectivity index (χ1) is 23.8. The van der Waals surface area contributed by atoms with Crippen LogP contribution in [0.4, 0.5) is 5.95 Å². The number of ether oxygens (including phenoxy) is 4. The molecular weight excluding hydrogens is 784 g/mol. The minimum atomic E-state index is -4.21. The van der Waals surface area contributed by atoms with E-state index < -0.39 is 49.6 Å². The summed E-state index contributed by atoms with van der Waals surface area (Å²) in [4.78, 5) is 38.7. The Hall–Kier alpha value is -3.71. The van der Waals surface area contributed by atoms with Gasteiger partial charge in [-0.05, 0) is 31.9 Å². The highest BCUT2D eigenvalue weighted by Crippen LogP contribution is 2.44. The summed E-state index contributed by atoms with van der Waals surface area (Å²) < 4.78 is 44.6. The summed E-state index contributed by atoms with van der Waals surface area (Å²) >= 11 is 1.98. The van der Waals surface area contributed by atoms with E-state index in [0.29, 0.717) is 9.35 Å². The molecule has 3 heterocycles. The van der Waals surface area contributed by atoms with Crippen LogP contribution in [0.5, 0.6) is 5.88 Å². The Morgan fingerprint density at radius 3 is 2.08 bits per heavy atom. The standard InChI is InChI=1S/C32H39IN7O9P/c1-19(27(41)46-16-21-11-7-5-8-12-21)38-50(44,39-20(2)28(42)47-17-22-13-9-6-10-14-22)48-18-23-15-32(3,43)29(49-23)40-25-24(35-30(40)33)26(45-4)37-31(34)36-25/h5-14,19-20,23,29,43H,15-18H2,1-4H3,(H2,34,36,37)(H2,38,39,44)/t19-,20-,23-,29+,32+/m0/s1. The van der Waals surface area contributed by atoms with Crippen LogP contribution in [0.15, 0.2) is 60.7 Å². The van der Waals surface area contributed by atoms with E-state index in [4.69, 9.17) is 29.2 Å². The number of esters is 2. The number of anilines is 1. The van der Waals surface area contributed by atoms with Crippen molar-refractivity contribution < 1.29 is 42.7 Å². The van der Waals surface area contributed by atoms with Gasteiger partial charge in [0.25, 0.3) is 0 Å². The van der Waals surface area contributed by atoms with Gasteiger partial charge in [0, 0.05) is 29.0 Å². The number of nitrogen functional groups attached to an aromatic ring is 1. The number of methoxy groups -OCH3 is 1. The molecule has 0 amide bonds. The lowest BCUT2D eigenvalue weighted by molar-refractivity contribution is -0.147. The fourth-order valence-corrected chi connectivity index (χ4v) is 7.84. The number of aliphatic hydroxyl groups is 1. The molecule has 0 saturated carbocycles. The molecule has 0 aliphatic carbocycles. The van der Waals surface area contributed by atoms with Crippen molar-refractivity contribution in [1.29, 1.82) is 0 Å². The Bertz CT molecular complexity index is 1780. The van der Waals surface area contributed by atoms with Crippen LogP contribution in [0.3, 0.4) is 0 Å². The lowest BCUT2D eigenvalue weighted by atomic mass is 10.0. The van der Waals surface area contributed by atoms with E-state index in [1.54, 1.807) is 35.8 Å². The van der Waals surface area contributed by atoms with Crippen LogP contribution in [0.25, 0.3) is 11.2 Å². The number of carbonyl (C=O) groups is 2. The first-order valence-electron chi connectivity index (χ1n) is 15.6. The number of halogens is 1. The van der Waals surface area contributed by atoms with Gasteiger partial charge in [-0.1, -0.05) is 60.7 Å². The Balaban J connectivity index is 1.30. The molecule has 5 N–H and O–H groups in total. The predicted octanol–water partition coefficient (Wildman–Crippen LogP) is 3.63. The SMILES string of the molecule is COc1nc(N)nc2c1nc(I)n2[C@@H]1O[C@H](COP(=O)(N[C@@H](C)C(=O)OCc2ccccc2)N[C@@H](C)C(=O)OCc2ccccc2)C[C@@]1(C)O. The van der Waals surface area contributed by atoms with E-state index in [0.717, 1.165) is 11.1 Å². The highest BCUT2D eigenvalue weighted by atomic mass is 127. The summed E-state index contributed by atoms with van der Waals surface area (Å²) in [7, 11) is -2.78. The molecule has 1 aliphatic heterocycles. The molecule has 0 unspecified atom stereocenters. The number of rotatable bonds is 15. The Morgan fingerprint density at radius 1 is 1.02 bits per heavy atom. The summed E-state index contributed by atoms with van der Waals surface area (Å²) in [6.07, 6.45) is -1.76. The van der Waals surface area contributed by atoms with Gasteiger partial charge >= 0.3 is 19.6 Å². The van der Waals surface area contributed by atoms with Crippen LogP contribution in [0.1, 0.15) is 44.5 Å². The van der Waals surface area contributed by atoms with E-state index in [1.165, 1.54) is 21.0 Å². The summed E-state index contributed by atoms with van der Waals surface area (Å²) in [5.41, 5.74) is 6.59. The van der Waals surface area contributed by atoms with Gasteiger partial charge in [-0.2, -0.15) is 9.97 Å². The van der Waals surface area contributed by atoms with Crippen molar-refractivity contribution in [2.24, 2.45) is 0 Å². The zero-order valence-corrected chi connectivity index (χ0v) is 30.9. The molecule has 0 bridgehead atoms. The minimum Gasteiger partial charge on any atom is -0.479 e. The smallest absolute Gasteiger partial charge is 0.342 e. The number of benzene rings is 2. The number of hydrogen-bond donors (Lipinski definition) is 4. The average molecular weight is 824 g/mol. The number of imidazole rings is 1. The van der Waals surface area contributed by atoms with Gasteiger partial charge in [0.2, 0.25) is 11.8 Å². The second-order valence-electron chi connectivity index (χ2n) is 11.9. The lowest BCUT2D eigenvalue weighted by Crippen LogP contribution is -2.42. The van der Waals surface area contributed by atoms with Crippen molar-refractivity contribution in [1.82, 2.24) is 29.7 Å². The first kappa shape index (κ1) is 37.5. The number of nitrogens with zero attached hydrogens (tertiary/aromatic N) is 4. The summed E-state index contributed by atoms with van der Waals surface area (Å²) in [5, 5.41) is 16.9. The van der Waals surface area contributed by atoms with Crippen LogP contribution in [0, 0.1) is 3.83 Å². The van der Waals surface area contributed by atoms with Crippen molar-refractivity contribution in [3.05, 3.63) is 75.6 Å². The molecule has 1 aliphatic rings. The summed E-state index contributed by atoms with van der Waals surface area (Å²) in [6.45, 7) is 4.19. The van der Waals surface area contributed by atoms with Crippen molar-refractivity contribution in [2.45, 2.75) is 70.4 Å². The first-order valence-corrected chi connectivity index (χ1v) is 18.3. The molecule has 5 rings (SSSR count). The molecule has 0 spiro atoms. The molecule has 50 heavy (non-hydrogen) atoms. The Labute approximate surface area is 302 Å². The molecule has 0 radical (unpaired) electrons. The normalized spacial score (nSPS) is 20.4. The second kappa shape index (κ2) is 16.1. The molecule has 1 fully saturated rings. The monoisotopic (exact) mass is 823 g/mol. The number of nitrogens with two attached hydrogens (primary N) is 1. The van der Waals surface area contributed by atoms with E-state index >= 15 is 0 Å². The highest BCUT2D eigenvalue weighted by molar-refractivity contribution is 14.1. The van der Waals surface area contributed by atoms with E-state index in [2.05, 4.69) is 25.1 Å². The largest absolute Gasteiger partial charge is 0.479 e. The molecule has 268 valence electrons. The molecular formula is C32H39IN7O9P. The highest BCUT2D eigenvalue weighted by Gasteiger charge is 2.47. The maximum Gasteiger partial charge on any atom is 0.342 e. The van der Waals surface area contributed by atoms with E-state index in [1.807, 2.05) is 59.0 Å². The topological polar surface area (TPSA) is 211 Å². The number of fused-ring (bicyclic) bond motifs is 1. The van der Waals surface area contributed by atoms with Crippen molar-refractivity contribution >= 4 is 59.3 Å². The van der Waals surface area contributed by atoms with Gasteiger partial charge in [-0.3, -0.25) is 18.7 Å². The van der Waals surface area contributed by atoms with Gasteiger partial charge in [0.05, 0.1) is 19.8 Å². The molecule has 5 atom stereocenters. The van der Waals surface area contributed by atoms with Gasteiger partial charge in [0.1, 0.15) is 30.9 Å². The predicted molar refractivity (Wildman–Crippen MR) is 189 cm³/mol. The maximum atomic E-state index is 14.3. The Morgan fingerprint density at radius 2 is 1.56 bits per heavy atom. The average Bonchev–Trinajstić information content (AvgIpc) is 3.58. The van der Waals surface area contributed by atoms with Crippen molar-refractivity contribution in [3.63, 3.8) is 0 Å². The molecule has 2 aromatic heterocycles. The number of hydrogen-bond acceptors (Lipinski definition) is 13. The number of carbonyl (C=O) groups excluding carboxylic acids is 2. The van der Waals surface area contributed by atoms with E-state index in [-0.39, 0.29) is 43.7 Å². The van der Waals surface area contributed by atoms with Gasteiger partial charge in [-0.15, -0.1) is 0 Å². The van der Waals surface area contributed by atoms with Crippen LogP contribution in [0.2, 0.25) is 0 Å². The van der Waals surface area contributed by atoms with Crippen molar-refractivity contribution in [3.8, 4) is 5.88 Å². The minimum absolute atomic E-state index is 0.00303. The fourth-order valence-electron chi connectivity index (χ4n) is 5.29. The second-order valence-corrected chi connectivity index (χ2v) is 14.8. The third kappa shape index (κ3) is 9.14. The number of nitrogens with one attached hydrogen (secondary N) is 2. The van der Waals surface area contributed by atoms with Crippen LogP contribution in [-0.4, -0.2) is 74.1 Å². The quantitative estimate of drug-likeness (QED) is 0.0584. The molecule has 4 aromatic rings. The van der Waals surface area contributed by atoms with Gasteiger partial charge in [0.15, 0.2) is 21.2 Å². The summed E-state index contributed by atoms with van der Waals surface area (Å²) in [5.74, 6) is -1.29. The molecule has 2 aromatic carbocycles. The third-order valence-corrected chi connectivity index (χ3v) is 10.5. The van der Waals surface area contributed by atoms with Crippen LogP contribution >= 0.6 is 30.3 Å².